The van der Waals surface area contributed by atoms with Crippen molar-refractivity contribution >= 4 is 11.6 Å². The molecule has 0 unspecified atom stereocenters. The highest BCUT2D eigenvalue weighted by Gasteiger charge is 2.57. The van der Waals surface area contributed by atoms with Gasteiger partial charge in [-0.15, -0.1) is 0 Å². The van der Waals surface area contributed by atoms with E-state index in [9.17, 15) is 4.79 Å². The molecule has 1 aromatic rings. The van der Waals surface area contributed by atoms with E-state index in [4.69, 9.17) is 9.25 Å². The van der Waals surface area contributed by atoms with Crippen molar-refractivity contribution in [3.05, 3.63) is 36.3 Å². The number of likely N-dealkylation sites (tertiary alicyclic amines) is 1. The Morgan fingerprint density at radius 3 is 2.90 bits per heavy atom. The van der Waals surface area contributed by atoms with E-state index in [1.807, 2.05) is 12.1 Å². The van der Waals surface area contributed by atoms with E-state index in [2.05, 4.69) is 27.5 Å². The maximum Gasteiger partial charge on any atom is 0.269 e. The number of hydrogen-bond donors (Lipinski definition) is 1. The average molecular weight is 398 g/mol. The van der Waals surface area contributed by atoms with Crippen LogP contribution in [-0.4, -0.2) is 42.3 Å². The van der Waals surface area contributed by atoms with Gasteiger partial charge in [0.2, 0.25) is 0 Å². The number of oxime groups is 1. The van der Waals surface area contributed by atoms with Crippen LogP contribution >= 0.6 is 0 Å². The van der Waals surface area contributed by atoms with E-state index in [-0.39, 0.29) is 23.3 Å². The van der Waals surface area contributed by atoms with Crippen molar-refractivity contribution in [3.8, 4) is 0 Å². The van der Waals surface area contributed by atoms with Crippen LogP contribution in [0.4, 0.5) is 0 Å². The van der Waals surface area contributed by atoms with Gasteiger partial charge in [0.15, 0.2) is 5.71 Å². The molecule has 5 rings (SSSR count). The first kappa shape index (κ1) is 18.9. The van der Waals surface area contributed by atoms with E-state index in [1.165, 1.54) is 25.8 Å². The van der Waals surface area contributed by atoms with Crippen LogP contribution in [0.1, 0.15) is 50.7 Å². The lowest BCUT2D eigenvalue weighted by Crippen LogP contribution is -2.48. The summed E-state index contributed by atoms with van der Waals surface area (Å²) >= 11 is 0. The number of amides is 1. The number of fused-ring (bicyclic) bond motifs is 2. The van der Waals surface area contributed by atoms with Crippen molar-refractivity contribution < 1.29 is 14.0 Å². The molecule has 1 aromatic heterocycles. The second-order valence-corrected chi connectivity index (χ2v) is 9.21. The van der Waals surface area contributed by atoms with Gasteiger partial charge in [-0.3, -0.25) is 4.79 Å². The molecule has 1 amide bonds. The number of rotatable bonds is 5. The molecule has 1 saturated heterocycles. The first-order chi connectivity index (χ1) is 14.2. The third kappa shape index (κ3) is 3.75. The van der Waals surface area contributed by atoms with Crippen LogP contribution in [0.2, 0.25) is 0 Å². The number of piperidine rings is 1. The Morgan fingerprint density at radius 1 is 1.24 bits per heavy atom. The standard InChI is InChI=1S/C23H31N3O3/c27-22(24-15-18-7-4-14-28-18)21-20-19(29-25-21)8-9-23(20)10-12-26(13-11-23)16-17-5-2-1-3-6-17/h1-2,4,7,14,17,19-20H,3,5-6,8-13,15-16H2,(H,24,27)/t17-,19-,20+/m0/s1. The predicted octanol–water partition coefficient (Wildman–Crippen LogP) is 3.50. The lowest BCUT2D eigenvalue weighted by molar-refractivity contribution is -0.115. The van der Waals surface area contributed by atoms with Gasteiger partial charge in [0, 0.05) is 6.54 Å². The molecule has 156 valence electrons. The van der Waals surface area contributed by atoms with Gasteiger partial charge < -0.3 is 19.5 Å². The van der Waals surface area contributed by atoms with Crippen molar-refractivity contribution in [3.63, 3.8) is 0 Å². The lowest BCUT2D eigenvalue weighted by atomic mass is 9.68. The molecule has 1 saturated carbocycles. The van der Waals surface area contributed by atoms with Gasteiger partial charge in [0.25, 0.3) is 5.91 Å². The van der Waals surface area contributed by atoms with Gasteiger partial charge in [0.1, 0.15) is 11.9 Å². The molecule has 2 fully saturated rings. The normalized spacial score (nSPS) is 30.8. The first-order valence-corrected chi connectivity index (χ1v) is 11.2. The molecule has 2 aliphatic carbocycles. The number of hydrogen-bond acceptors (Lipinski definition) is 5. The van der Waals surface area contributed by atoms with Crippen molar-refractivity contribution in [2.75, 3.05) is 19.6 Å². The zero-order chi connectivity index (χ0) is 19.7. The summed E-state index contributed by atoms with van der Waals surface area (Å²) < 4.78 is 5.32. The number of allylic oxidation sites excluding steroid dienone is 2. The molecule has 3 heterocycles. The fraction of sp³-hybridized carbons (Fsp3) is 0.652. The molecule has 4 aliphatic rings. The summed E-state index contributed by atoms with van der Waals surface area (Å²) in [6.45, 7) is 3.86. The highest BCUT2D eigenvalue weighted by molar-refractivity contribution is 6.40. The molecule has 29 heavy (non-hydrogen) atoms. The Labute approximate surface area is 172 Å². The topological polar surface area (TPSA) is 67.1 Å². The molecule has 2 aliphatic heterocycles. The van der Waals surface area contributed by atoms with E-state index >= 15 is 0 Å². The SMILES string of the molecule is O=C(NCc1ccco1)C1=NO[C@H]2CCC3(CCN(C[C@H]4CC=CCC4)CC3)[C@@H]12. The van der Waals surface area contributed by atoms with E-state index in [1.54, 1.807) is 6.26 Å². The smallest absolute Gasteiger partial charge is 0.269 e. The molecule has 6 heteroatoms. The van der Waals surface area contributed by atoms with Crippen LogP contribution in [0, 0.1) is 17.3 Å². The summed E-state index contributed by atoms with van der Waals surface area (Å²) in [5.74, 6) is 1.59. The maximum atomic E-state index is 12.9. The summed E-state index contributed by atoms with van der Waals surface area (Å²) in [6, 6.07) is 3.70. The van der Waals surface area contributed by atoms with Crippen LogP contribution < -0.4 is 5.32 Å². The zero-order valence-corrected chi connectivity index (χ0v) is 17.0. The van der Waals surface area contributed by atoms with E-state index in [0.717, 1.165) is 50.5 Å². The Hall–Kier alpha value is -2.08. The van der Waals surface area contributed by atoms with Crippen LogP contribution in [0.5, 0.6) is 0 Å². The molecule has 1 N–H and O–H groups in total. The third-order valence-corrected chi connectivity index (χ3v) is 7.52. The Morgan fingerprint density at radius 2 is 2.14 bits per heavy atom. The van der Waals surface area contributed by atoms with Gasteiger partial charge in [-0.25, -0.2) is 0 Å². The fourth-order valence-electron chi connectivity index (χ4n) is 5.89. The fourth-order valence-corrected chi connectivity index (χ4v) is 5.89. The molecule has 6 nitrogen and oxygen atoms in total. The predicted molar refractivity (Wildman–Crippen MR) is 110 cm³/mol. The van der Waals surface area contributed by atoms with Crippen LogP contribution in [-0.2, 0) is 16.2 Å². The summed E-state index contributed by atoms with van der Waals surface area (Å²) in [5, 5.41) is 7.20. The molecular formula is C23H31N3O3. The van der Waals surface area contributed by atoms with Gasteiger partial charge in [0.05, 0.1) is 18.7 Å². The maximum absolute atomic E-state index is 12.9. The van der Waals surface area contributed by atoms with Gasteiger partial charge >= 0.3 is 0 Å². The lowest BCUT2D eigenvalue weighted by Gasteiger charge is -2.43. The van der Waals surface area contributed by atoms with Crippen molar-refractivity contribution in [2.24, 2.45) is 22.4 Å². The second-order valence-electron chi connectivity index (χ2n) is 9.21. The first-order valence-electron chi connectivity index (χ1n) is 11.2. The Bertz CT molecular complexity index is 777. The number of furan rings is 1. The van der Waals surface area contributed by atoms with Crippen LogP contribution in [0.15, 0.2) is 40.1 Å². The number of carbonyl (C=O) groups excluding carboxylic acids is 1. The molecule has 0 bridgehead atoms. The van der Waals surface area contributed by atoms with Crippen molar-refractivity contribution in [2.45, 2.75) is 57.6 Å². The molecule has 3 atom stereocenters. The summed E-state index contributed by atoms with van der Waals surface area (Å²) in [5.41, 5.74) is 0.773. The monoisotopic (exact) mass is 397 g/mol. The molecule has 1 spiro atoms. The zero-order valence-electron chi connectivity index (χ0n) is 17.0. The van der Waals surface area contributed by atoms with Crippen LogP contribution in [0.25, 0.3) is 0 Å². The van der Waals surface area contributed by atoms with Crippen molar-refractivity contribution in [1.82, 2.24) is 10.2 Å². The minimum Gasteiger partial charge on any atom is -0.467 e. The summed E-state index contributed by atoms with van der Waals surface area (Å²) in [6.07, 6.45) is 14.6. The molecule has 0 aromatic carbocycles. The molecule has 0 radical (unpaired) electrons. The van der Waals surface area contributed by atoms with Crippen LogP contribution in [0.3, 0.4) is 0 Å². The van der Waals surface area contributed by atoms with Gasteiger partial charge in [-0.1, -0.05) is 17.3 Å². The second kappa shape index (κ2) is 7.98. The van der Waals surface area contributed by atoms with Gasteiger partial charge in [-0.05, 0) is 81.5 Å². The van der Waals surface area contributed by atoms with Crippen molar-refractivity contribution in [1.29, 1.82) is 0 Å². The average Bonchev–Trinajstić information content (AvgIpc) is 3.48. The minimum atomic E-state index is -0.105. The number of nitrogens with zero attached hydrogens (tertiary/aromatic N) is 2. The Balaban J connectivity index is 1.20. The number of nitrogens with one attached hydrogen (secondary N) is 1. The Kier molecular flexibility index (Phi) is 5.20. The number of carbonyl (C=O) groups is 1. The molecular weight excluding hydrogens is 366 g/mol. The summed E-state index contributed by atoms with van der Waals surface area (Å²) in [4.78, 5) is 21.2. The largest absolute Gasteiger partial charge is 0.467 e. The van der Waals surface area contributed by atoms with E-state index in [0.29, 0.717) is 12.3 Å². The van der Waals surface area contributed by atoms with E-state index < -0.39 is 0 Å². The minimum absolute atomic E-state index is 0.0781. The quantitative estimate of drug-likeness (QED) is 0.773. The highest BCUT2D eigenvalue weighted by Crippen LogP contribution is 2.54. The highest BCUT2D eigenvalue weighted by atomic mass is 16.6. The van der Waals surface area contributed by atoms with Gasteiger partial charge in [-0.2, -0.15) is 0 Å². The third-order valence-electron chi connectivity index (χ3n) is 7.52. The summed E-state index contributed by atoms with van der Waals surface area (Å²) in [7, 11) is 0.